The lowest BCUT2D eigenvalue weighted by Crippen LogP contribution is -2.13. The largest absolute Gasteiger partial charge is 0.361 e. The number of pyridine rings is 1. The quantitative estimate of drug-likeness (QED) is 0.398. The zero-order valence-corrected chi connectivity index (χ0v) is 17.5. The predicted molar refractivity (Wildman–Crippen MR) is 121 cm³/mol. The molecular formula is C21H15N5O3S2. The molecule has 0 bridgehead atoms. The number of amides is 1. The van der Waals surface area contributed by atoms with Crippen LogP contribution in [0.4, 0.5) is 17.2 Å². The lowest BCUT2D eigenvalue weighted by atomic mass is 10.1. The lowest BCUT2D eigenvalue weighted by molar-refractivity contribution is -0.110. The van der Waals surface area contributed by atoms with Crippen LogP contribution in [-0.4, -0.2) is 24.3 Å². The first-order valence-electron chi connectivity index (χ1n) is 9.20. The molecule has 3 N–H and O–H groups in total. The third-order valence-corrected chi connectivity index (χ3v) is 6.88. The molecule has 3 heterocycles. The molecule has 0 saturated heterocycles. The first-order chi connectivity index (χ1) is 15.0. The minimum atomic E-state index is -3.75. The molecule has 0 aliphatic carbocycles. The number of hydrogen-bond acceptors (Lipinski definition) is 7. The first-order valence-corrected chi connectivity index (χ1v) is 11.6. The Kier molecular flexibility index (Phi) is 4.64. The molecule has 1 aliphatic rings. The summed E-state index contributed by atoms with van der Waals surface area (Å²) in [5.41, 5.74) is 5.11. The number of thiazole rings is 1. The number of carbonyl (C=O) groups is 1. The van der Waals surface area contributed by atoms with E-state index >= 15 is 0 Å². The van der Waals surface area contributed by atoms with Gasteiger partial charge >= 0.3 is 0 Å². The summed E-state index contributed by atoms with van der Waals surface area (Å²) in [5.74, 6) is 0.0236. The minimum absolute atomic E-state index is 0.101. The van der Waals surface area contributed by atoms with E-state index < -0.39 is 10.0 Å². The number of benzene rings is 2. The van der Waals surface area contributed by atoms with E-state index in [0.29, 0.717) is 11.3 Å². The highest BCUT2D eigenvalue weighted by molar-refractivity contribution is 7.92. The van der Waals surface area contributed by atoms with Crippen LogP contribution in [0.2, 0.25) is 0 Å². The molecule has 0 fully saturated rings. The highest BCUT2D eigenvalue weighted by atomic mass is 32.2. The third-order valence-electron chi connectivity index (χ3n) is 4.72. The Hall–Kier alpha value is -3.76. The molecule has 0 saturated carbocycles. The van der Waals surface area contributed by atoms with Gasteiger partial charge in [0.15, 0.2) is 0 Å². The van der Waals surface area contributed by atoms with Gasteiger partial charge in [-0.25, -0.2) is 18.4 Å². The second-order valence-electron chi connectivity index (χ2n) is 6.69. The molecule has 10 heteroatoms. The van der Waals surface area contributed by atoms with Crippen LogP contribution in [0.5, 0.6) is 0 Å². The smallest absolute Gasteiger partial charge is 0.263 e. The van der Waals surface area contributed by atoms with Gasteiger partial charge in [0.1, 0.15) is 5.82 Å². The van der Waals surface area contributed by atoms with Crippen LogP contribution in [0.25, 0.3) is 15.8 Å². The highest BCUT2D eigenvalue weighted by Crippen LogP contribution is 2.38. The summed E-state index contributed by atoms with van der Waals surface area (Å²) < 4.78 is 28.5. The van der Waals surface area contributed by atoms with Crippen molar-refractivity contribution in [2.75, 3.05) is 15.4 Å². The molecule has 1 aliphatic heterocycles. The zero-order valence-electron chi connectivity index (χ0n) is 15.9. The molecule has 0 spiro atoms. The summed E-state index contributed by atoms with van der Waals surface area (Å²) in [6.07, 6.45) is 3.12. The molecule has 2 aromatic carbocycles. The van der Waals surface area contributed by atoms with Crippen molar-refractivity contribution < 1.29 is 13.2 Å². The Morgan fingerprint density at radius 1 is 1.00 bits per heavy atom. The Bertz CT molecular complexity index is 1430. The standard InChI is InChI=1S/C21H15N5O3S2/c27-21-15(19-16(25-21)8-9-17-20(19)24-12-30-17)11-23-13-4-6-14(7-5-13)31(28,29)26-18-3-1-2-10-22-18/h1-12,23H,(H,22,26)(H,25,27)/b15-11-. The van der Waals surface area contributed by atoms with Gasteiger partial charge in [-0.2, -0.15) is 0 Å². The topological polar surface area (TPSA) is 113 Å². The minimum Gasteiger partial charge on any atom is -0.361 e. The van der Waals surface area contributed by atoms with Crippen LogP contribution in [0.1, 0.15) is 5.56 Å². The van der Waals surface area contributed by atoms with Crippen molar-refractivity contribution >= 4 is 60.2 Å². The molecule has 0 atom stereocenters. The van der Waals surface area contributed by atoms with E-state index in [0.717, 1.165) is 21.5 Å². The highest BCUT2D eigenvalue weighted by Gasteiger charge is 2.27. The van der Waals surface area contributed by atoms with Crippen molar-refractivity contribution in [2.45, 2.75) is 4.90 Å². The third kappa shape index (κ3) is 3.62. The number of carbonyl (C=O) groups excluding carboxylic acids is 1. The average molecular weight is 450 g/mol. The van der Waals surface area contributed by atoms with E-state index in [9.17, 15) is 13.2 Å². The van der Waals surface area contributed by atoms with Crippen LogP contribution in [0, 0.1) is 0 Å². The molecule has 31 heavy (non-hydrogen) atoms. The molecular weight excluding hydrogens is 434 g/mol. The van der Waals surface area contributed by atoms with Gasteiger partial charge in [-0.15, -0.1) is 11.3 Å². The number of nitrogens with one attached hydrogen (secondary N) is 3. The van der Waals surface area contributed by atoms with Crippen LogP contribution in [0.15, 0.2) is 77.4 Å². The van der Waals surface area contributed by atoms with Crippen LogP contribution in [-0.2, 0) is 14.8 Å². The Labute approximate surface area is 181 Å². The van der Waals surface area contributed by atoms with Crippen LogP contribution < -0.4 is 15.4 Å². The summed E-state index contributed by atoms with van der Waals surface area (Å²) >= 11 is 1.51. The molecule has 0 radical (unpaired) electrons. The zero-order chi connectivity index (χ0) is 21.4. The van der Waals surface area contributed by atoms with Gasteiger partial charge in [0.25, 0.3) is 15.9 Å². The second kappa shape index (κ2) is 7.49. The average Bonchev–Trinajstić information content (AvgIpc) is 3.36. The van der Waals surface area contributed by atoms with E-state index in [1.807, 2.05) is 12.1 Å². The van der Waals surface area contributed by atoms with Gasteiger partial charge < -0.3 is 10.6 Å². The fourth-order valence-corrected chi connectivity index (χ4v) is 4.95. The number of rotatable bonds is 5. The van der Waals surface area contributed by atoms with Crippen molar-refractivity contribution in [3.63, 3.8) is 0 Å². The Balaban J connectivity index is 1.38. The van der Waals surface area contributed by atoms with Crippen molar-refractivity contribution in [3.8, 4) is 0 Å². The summed E-state index contributed by atoms with van der Waals surface area (Å²) in [6.45, 7) is 0. The monoisotopic (exact) mass is 449 g/mol. The maximum absolute atomic E-state index is 12.5. The van der Waals surface area contributed by atoms with Gasteiger partial charge in [-0.3, -0.25) is 9.52 Å². The Morgan fingerprint density at radius 3 is 2.61 bits per heavy atom. The number of aromatic nitrogens is 2. The SMILES string of the molecule is O=C1Nc2ccc3scnc3c2/C1=C/Nc1ccc(S(=O)(=O)Nc2ccccn2)cc1. The van der Waals surface area contributed by atoms with Gasteiger partial charge in [-0.05, 0) is 48.5 Å². The van der Waals surface area contributed by atoms with Crippen molar-refractivity contribution in [3.05, 3.63) is 78.1 Å². The van der Waals surface area contributed by atoms with Gasteiger partial charge in [-0.1, -0.05) is 6.07 Å². The van der Waals surface area contributed by atoms with Crippen LogP contribution in [0.3, 0.4) is 0 Å². The fourth-order valence-electron chi connectivity index (χ4n) is 3.25. The molecule has 8 nitrogen and oxygen atoms in total. The fraction of sp³-hybridized carbons (Fsp3) is 0. The first kappa shape index (κ1) is 19.2. The molecule has 1 amide bonds. The molecule has 2 aromatic heterocycles. The maximum Gasteiger partial charge on any atom is 0.263 e. The van der Waals surface area contributed by atoms with E-state index in [4.69, 9.17) is 0 Å². The summed E-state index contributed by atoms with van der Waals surface area (Å²) in [5, 5.41) is 5.91. The molecule has 5 rings (SSSR count). The second-order valence-corrected chi connectivity index (χ2v) is 9.26. The number of hydrogen-bond donors (Lipinski definition) is 3. The lowest BCUT2D eigenvalue weighted by Gasteiger charge is -2.08. The molecule has 0 unspecified atom stereocenters. The normalized spacial score (nSPS) is 14.5. The summed E-state index contributed by atoms with van der Waals surface area (Å²) in [7, 11) is -3.75. The summed E-state index contributed by atoms with van der Waals surface area (Å²) in [6, 6.07) is 15.0. The van der Waals surface area contributed by atoms with Crippen LogP contribution >= 0.6 is 11.3 Å². The van der Waals surface area contributed by atoms with E-state index in [2.05, 4.69) is 25.3 Å². The number of anilines is 3. The van der Waals surface area contributed by atoms with Crippen molar-refractivity contribution in [1.29, 1.82) is 0 Å². The van der Waals surface area contributed by atoms with Crippen molar-refractivity contribution in [1.82, 2.24) is 9.97 Å². The summed E-state index contributed by atoms with van der Waals surface area (Å²) in [4.78, 5) is 20.9. The number of nitrogens with zero attached hydrogens (tertiary/aromatic N) is 2. The molecule has 154 valence electrons. The van der Waals surface area contributed by atoms with Gasteiger partial charge in [0, 0.05) is 23.6 Å². The predicted octanol–water partition coefficient (Wildman–Crippen LogP) is 3.90. The van der Waals surface area contributed by atoms with E-state index in [-0.39, 0.29) is 16.6 Å². The van der Waals surface area contributed by atoms with Gasteiger partial charge in [0.2, 0.25) is 0 Å². The van der Waals surface area contributed by atoms with Gasteiger partial charge in [0.05, 0.1) is 31.9 Å². The molecule has 4 aromatic rings. The van der Waals surface area contributed by atoms with E-state index in [1.54, 1.807) is 42.0 Å². The Morgan fingerprint density at radius 2 is 1.84 bits per heavy atom. The van der Waals surface area contributed by atoms with E-state index in [1.165, 1.54) is 29.7 Å². The number of sulfonamides is 1. The number of fused-ring (bicyclic) bond motifs is 3. The maximum atomic E-state index is 12.5. The van der Waals surface area contributed by atoms with Crippen molar-refractivity contribution in [2.24, 2.45) is 0 Å².